The van der Waals surface area contributed by atoms with Crippen molar-refractivity contribution in [1.29, 1.82) is 0 Å². The average Bonchev–Trinajstić information content (AvgIpc) is 2.41. The van der Waals surface area contributed by atoms with Gasteiger partial charge in [0.1, 0.15) is 5.75 Å². The van der Waals surface area contributed by atoms with Crippen molar-refractivity contribution in [1.82, 2.24) is 5.32 Å². The minimum Gasteiger partial charge on any atom is -0.497 e. The fourth-order valence-corrected chi connectivity index (χ4v) is 2.83. The van der Waals surface area contributed by atoms with Gasteiger partial charge in [-0.1, -0.05) is 29.3 Å². The summed E-state index contributed by atoms with van der Waals surface area (Å²) >= 11 is 9.41. The first-order chi connectivity index (χ1) is 9.21. The summed E-state index contributed by atoms with van der Waals surface area (Å²) in [7, 11) is 1.69. The van der Waals surface area contributed by atoms with Crippen LogP contribution in [0.25, 0.3) is 0 Å². The Labute approximate surface area is 130 Å². The Bertz CT molecular complexity index is 367. The summed E-state index contributed by atoms with van der Waals surface area (Å²) in [6, 6.07) is 6.05. The Hall–Kier alpha value is -0.250. The smallest absolute Gasteiger partial charge is 0.119 e. The van der Waals surface area contributed by atoms with Crippen LogP contribution in [0.2, 0.25) is 0 Å². The quantitative estimate of drug-likeness (QED) is 0.659. The highest BCUT2D eigenvalue weighted by Gasteiger charge is 2.07. The zero-order valence-electron chi connectivity index (χ0n) is 11.7. The van der Waals surface area contributed by atoms with Gasteiger partial charge in [-0.15, -0.1) is 11.6 Å². The van der Waals surface area contributed by atoms with E-state index in [1.54, 1.807) is 7.11 Å². The second-order valence-electron chi connectivity index (χ2n) is 4.72. The fourth-order valence-electron chi connectivity index (χ4n) is 2.14. The lowest BCUT2D eigenvalue weighted by Gasteiger charge is -2.16. The number of hydrogen-bond acceptors (Lipinski definition) is 2. The summed E-state index contributed by atoms with van der Waals surface area (Å²) in [4.78, 5) is 0. The van der Waals surface area contributed by atoms with Gasteiger partial charge in [0.25, 0.3) is 0 Å². The molecular formula is C15H23BrClNO. The minimum absolute atomic E-state index is 0.673. The summed E-state index contributed by atoms with van der Waals surface area (Å²) < 4.78 is 6.36. The molecule has 1 N–H and O–H groups in total. The van der Waals surface area contributed by atoms with Crippen molar-refractivity contribution in [2.75, 3.05) is 19.5 Å². The van der Waals surface area contributed by atoms with Gasteiger partial charge in [0.05, 0.1) is 7.11 Å². The molecule has 0 fully saturated rings. The molecule has 0 aliphatic rings. The maximum absolute atomic E-state index is 5.84. The minimum atomic E-state index is 0.673. The number of ether oxygens (including phenoxy) is 1. The molecule has 0 aliphatic heterocycles. The van der Waals surface area contributed by atoms with Crippen molar-refractivity contribution < 1.29 is 4.74 Å². The Morgan fingerprint density at radius 3 is 2.79 bits per heavy atom. The zero-order valence-corrected chi connectivity index (χ0v) is 14.1. The van der Waals surface area contributed by atoms with E-state index in [2.05, 4.69) is 34.2 Å². The maximum atomic E-state index is 5.84. The first-order valence-corrected chi connectivity index (χ1v) is 8.13. The summed E-state index contributed by atoms with van der Waals surface area (Å²) in [5.74, 6) is 2.31. The van der Waals surface area contributed by atoms with Gasteiger partial charge in [0.15, 0.2) is 0 Å². The maximum Gasteiger partial charge on any atom is 0.119 e. The van der Waals surface area contributed by atoms with Crippen molar-refractivity contribution in [3.63, 3.8) is 0 Å². The molecule has 1 aromatic carbocycles. The second kappa shape index (κ2) is 9.62. The molecule has 0 saturated heterocycles. The van der Waals surface area contributed by atoms with Crippen LogP contribution in [0.4, 0.5) is 0 Å². The monoisotopic (exact) mass is 347 g/mol. The molecule has 1 aromatic rings. The van der Waals surface area contributed by atoms with Gasteiger partial charge in [0.2, 0.25) is 0 Å². The Morgan fingerprint density at radius 2 is 2.16 bits per heavy atom. The Balaban J connectivity index is 2.47. The Kier molecular flexibility index (Phi) is 8.51. The SMILES string of the molecule is CCCC(CCCl)CNCc1cc(OC)ccc1Br. The highest BCUT2D eigenvalue weighted by atomic mass is 79.9. The summed E-state index contributed by atoms with van der Waals surface area (Å²) in [6.07, 6.45) is 3.53. The summed E-state index contributed by atoms with van der Waals surface area (Å²) in [5.41, 5.74) is 1.22. The van der Waals surface area contributed by atoms with Gasteiger partial charge >= 0.3 is 0 Å². The molecule has 1 unspecified atom stereocenters. The number of benzene rings is 1. The van der Waals surface area contributed by atoms with Crippen LogP contribution in [0.5, 0.6) is 5.75 Å². The van der Waals surface area contributed by atoms with Crippen LogP contribution in [0, 0.1) is 5.92 Å². The van der Waals surface area contributed by atoms with Gasteiger partial charge in [-0.3, -0.25) is 0 Å². The number of halogens is 2. The first-order valence-electron chi connectivity index (χ1n) is 6.80. The lowest BCUT2D eigenvalue weighted by atomic mass is 10.0. The van der Waals surface area contributed by atoms with Crippen LogP contribution >= 0.6 is 27.5 Å². The fraction of sp³-hybridized carbons (Fsp3) is 0.600. The third-order valence-electron chi connectivity index (χ3n) is 3.22. The molecule has 0 radical (unpaired) electrons. The van der Waals surface area contributed by atoms with E-state index in [-0.39, 0.29) is 0 Å². The van der Waals surface area contributed by atoms with Crippen molar-refractivity contribution in [3.05, 3.63) is 28.2 Å². The Morgan fingerprint density at radius 1 is 1.37 bits per heavy atom. The van der Waals surface area contributed by atoms with E-state index in [9.17, 15) is 0 Å². The van der Waals surface area contributed by atoms with Crippen LogP contribution in [0.1, 0.15) is 31.7 Å². The molecular weight excluding hydrogens is 326 g/mol. The van der Waals surface area contributed by atoms with Crippen LogP contribution in [-0.2, 0) is 6.54 Å². The highest BCUT2D eigenvalue weighted by Crippen LogP contribution is 2.22. The molecule has 1 rings (SSSR count). The molecule has 1 atom stereocenters. The lowest BCUT2D eigenvalue weighted by molar-refractivity contribution is 0.412. The van der Waals surface area contributed by atoms with Crippen molar-refractivity contribution >= 4 is 27.5 Å². The van der Waals surface area contributed by atoms with Crippen LogP contribution in [0.15, 0.2) is 22.7 Å². The molecule has 108 valence electrons. The summed E-state index contributed by atoms with van der Waals surface area (Å²) in [6.45, 7) is 4.09. The van der Waals surface area contributed by atoms with E-state index in [1.165, 1.54) is 18.4 Å². The number of methoxy groups -OCH3 is 1. The third-order valence-corrected chi connectivity index (χ3v) is 4.21. The van der Waals surface area contributed by atoms with Crippen molar-refractivity contribution in [2.45, 2.75) is 32.7 Å². The molecule has 0 heterocycles. The van der Waals surface area contributed by atoms with E-state index < -0.39 is 0 Å². The number of alkyl halides is 1. The molecule has 0 aliphatic carbocycles. The lowest BCUT2D eigenvalue weighted by Crippen LogP contribution is -2.23. The third kappa shape index (κ3) is 6.15. The molecule has 0 bridgehead atoms. The highest BCUT2D eigenvalue weighted by molar-refractivity contribution is 9.10. The molecule has 4 heteroatoms. The molecule has 19 heavy (non-hydrogen) atoms. The molecule has 0 amide bonds. The number of hydrogen-bond donors (Lipinski definition) is 1. The number of rotatable bonds is 9. The topological polar surface area (TPSA) is 21.3 Å². The largest absolute Gasteiger partial charge is 0.497 e. The van der Waals surface area contributed by atoms with Gasteiger partial charge < -0.3 is 10.1 Å². The van der Waals surface area contributed by atoms with E-state index >= 15 is 0 Å². The predicted octanol–water partition coefficient (Wildman–Crippen LogP) is 4.59. The van der Waals surface area contributed by atoms with Crippen LogP contribution < -0.4 is 10.1 Å². The molecule has 0 saturated carbocycles. The van der Waals surface area contributed by atoms with E-state index in [4.69, 9.17) is 16.3 Å². The first kappa shape index (κ1) is 16.8. The summed E-state index contributed by atoms with van der Waals surface area (Å²) in [5, 5.41) is 3.52. The van der Waals surface area contributed by atoms with Gasteiger partial charge in [-0.2, -0.15) is 0 Å². The van der Waals surface area contributed by atoms with E-state index in [0.29, 0.717) is 5.92 Å². The normalized spacial score (nSPS) is 12.4. The standard InChI is InChI=1S/C15H23BrClNO/c1-3-4-12(7-8-17)10-18-11-13-9-14(19-2)5-6-15(13)16/h5-6,9,12,18H,3-4,7-8,10-11H2,1-2H3. The zero-order chi connectivity index (χ0) is 14.1. The van der Waals surface area contributed by atoms with E-state index in [1.807, 2.05) is 12.1 Å². The second-order valence-corrected chi connectivity index (χ2v) is 5.95. The predicted molar refractivity (Wildman–Crippen MR) is 86.1 cm³/mol. The molecule has 0 spiro atoms. The van der Waals surface area contributed by atoms with Gasteiger partial charge in [-0.25, -0.2) is 0 Å². The van der Waals surface area contributed by atoms with Gasteiger partial charge in [0, 0.05) is 16.9 Å². The molecule has 0 aromatic heterocycles. The van der Waals surface area contributed by atoms with Crippen LogP contribution in [0.3, 0.4) is 0 Å². The average molecular weight is 349 g/mol. The van der Waals surface area contributed by atoms with Crippen LogP contribution in [-0.4, -0.2) is 19.5 Å². The van der Waals surface area contributed by atoms with Crippen molar-refractivity contribution in [3.8, 4) is 5.75 Å². The molecule has 2 nitrogen and oxygen atoms in total. The van der Waals surface area contributed by atoms with Crippen molar-refractivity contribution in [2.24, 2.45) is 5.92 Å². The van der Waals surface area contributed by atoms with Gasteiger partial charge in [-0.05, 0) is 49.1 Å². The number of nitrogens with one attached hydrogen (secondary N) is 1. The van der Waals surface area contributed by atoms with E-state index in [0.717, 1.165) is 35.6 Å².